The van der Waals surface area contributed by atoms with Crippen molar-refractivity contribution in [2.75, 3.05) is 37.8 Å². The van der Waals surface area contributed by atoms with E-state index in [0.717, 1.165) is 17.0 Å². The van der Waals surface area contributed by atoms with Crippen LogP contribution in [0.4, 0.5) is 10.6 Å². The maximum absolute atomic E-state index is 13.4. The van der Waals surface area contributed by atoms with E-state index in [1.54, 1.807) is 36.1 Å². The Bertz CT molecular complexity index is 1730. The summed E-state index contributed by atoms with van der Waals surface area (Å²) < 4.78 is 27.1. The molecular weight excluding hydrogens is 616 g/mol. The molecule has 2 amide bonds. The molecule has 12 heteroatoms. The Morgan fingerprint density at radius 2 is 1.83 bits per heavy atom. The SMILES string of the molecule is CC1=[N+](C(=O)OC(C)(C)C)CCN(C[C@@H](Oc2cc(C)c(C(=O)Nc3nc(C)ncc3C)cc2S(C)=O)c2ccc(C3CC3)cn2)C1. The molecule has 3 aromatic rings. The lowest BCUT2D eigenvalue weighted by Gasteiger charge is -2.30. The van der Waals surface area contributed by atoms with Crippen LogP contribution in [0.1, 0.15) is 91.1 Å². The number of carbonyl (C=O) groups is 2. The lowest BCUT2D eigenvalue weighted by atomic mass is 10.1. The van der Waals surface area contributed by atoms with Gasteiger partial charge in [-0.3, -0.25) is 18.9 Å². The third-order valence-electron chi connectivity index (χ3n) is 8.22. The van der Waals surface area contributed by atoms with Gasteiger partial charge >= 0.3 is 6.09 Å². The average molecular weight is 662 g/mol. The Morgan fingerprint density at radius 3 is 2.45 bits per heavy atom. The van der Waals surface area contributed by atoms with Gasteiger partial charge in [0, 0.05) is 43.2 Å². The van der Waals surface area contributed by atoms with Crippen LogP contribution >= 0.6 is 0 Å². The number of anilines is 1. The van der Waals surface area contributed by atoms with E-state index in [4.69, 9.17) is 14.5 Å². The fraction of sp³-hybridized carbons (Fsp3) is 0.486. The number of nitrogens with one attached hydrogen (secondary N) is 1. The number of carbonyl (C=O) groups excluding carboxylic acids is 2. The molecule has 0 spiro atoms. The molecule has 47 heavy (non-hydrogen) atoms. The minimum atomic E-state index is -1.46. The van der Waals surface area contributed by atoms with E-state index in [9.17, 15) is 13.8 Å². The molecular formula is C35H45N6O5S+. The van der Waals surface area contributed by atoms with Gasteiger partial charge in [0.1, 0.15) is 23.0 Å². The van der Waals surface area contributed by atoms with Gasteiger partial charge in [-0.25, -0.2) is 9.97 Å². The van der Waals surface area contributed by atoms with Gasteiger partial charge in [-0.15, -0.1) is 4.58 Å². The van der Waals surface area contributed by atoms with Crippen molar-refractivity contribution in [3.05, 3.63) is 70.4 Å². The van der Waals surface area contributed by atoms with Crippen LogP contribution in [-0.4, -0.2) is 84.4 Å². The average Bonchev–Trinajstić information content (AvgIpc) is 3.84. The Morgan fingerprint density at radius 1 is 1.09 bits per heavy atom. The lowest BCUT2D eigenvalue weighted by Crippen LogP contribution is -2.48. The molecule has 0 bridgehead atoms. The lowest BCUT2D eigenvalue weighted by molar-refractivity contribution is -0.458. The summed E-state index contributed by atoms with van der Waals surface area (Å²) >= 11 is 0. The number of nitrogens with zero attached hydrogens (tertiary/aromatic N) is 5. The molecule has 1 N–H and O–H groups in total. The highest BCUT2D eigenvalue weighted by molar-refractivity contribution is 7.84. The van der Waals surface area contributed by atoms with Crippen LogP contribution in [0, 0.1) is 20.8 Å². The first-order chi connectivity index (χ1) is 22.2. The first-order valence-electron chi connectivity index (χ1n) is 16.0. The summed E-state index contributed by atoms with van der Waals surface area (Å²) in [4.78, 5) is 42.2. The van der Waals surface area contributed by atoms with Gasteiger partial charge in [0.05, 0.1) is 34.5 Å². The van der Waals surface area contributed by atoms with E-state index in [-0.39, 0.29) is 12.0 Å². The van der Waals surface area contributed by atoms with Gasteiger partial charge in [0.25, 0.3) is 5.91 Å². The van der Waals surface area contributed by atoms with Gasteiger partial charge in [-0.05, 0) is 89.6 Å². The van der Waals surface area contributed by atoms with Gasteiger partial charge in [-0.2, -0.15) is 4.79 Å². The molecule has 1 aliphatic heterocycles. The fourth-order valence-electron chi connectivity index (χ4n) is 5.54. The van der Waals surface area contributed by atoms with E-state index in [1.165, 1.54) is 18.4 Å². The van der Waals surface area contributed by atoms with Crippen molar-refractivity contribution in [3.8, 4) is 5.75 Å². The number of benzene rings is 1. The number of ether oxygens (including phenoxy) is 2. The van der Waals surface area contributed by atoms with E-state index in [0.29, 0.717) is 65.5 Å². The van der Waals surface area contributed by atoms with Crippen LogP contribution in [0.2, 0.25) is 0 Å². The predicted octanol–water partition coefficient (Wildman–Crippen LogP) is 5.51. The van der Waals surface area contributed by atoms with Gasteiger partial charge in [0.2, 0.25) is 0 Å². The molecule has 0 radical (unpaired) electrons. The summed E-state index contributed by atoms with van der Waals surface area (Å²) in [5.74, 6) is 1.62. The Labute approximate surface area is 279 Å². The molecule has 2 aliphatic rings. The number of pyridine rings is 1. The Balaban J connectivity index is 1.42. The standard InChI is InChI=1S/C35H44N6O5S/c1-21-15-29(31(47(8)44)16-27(21)33(42)39-32-22(2)17-36-24(4)38-32)45-30(28-12-11-26(18-37-28)25-9-10-25)20-40-13-14-41(23(3)19-40)34(43)46-35(5,6)7/h11-12,15-18,25,30H,9-10,13-14,19-20H2,1-8H3/p+1/t30-,47?/m1/s1. The van der Waals surface area contributed by atoms with Gasteiger partial charge in [0.15, 0.2) is 18.4 Å². The van der Waals surface area contributed by atoms with Crippen LogP contribution in [0.3, 0.4) is 0 Å². The Hall–Kier alpha value is -4.03. The van der Waals surface area contributed by atoms with E-state index < -0.39 is 22.5 Å². The molecule has 1 aliphatic carbocycles. The third kappa shape index (κ3) is 8.66. The summed E-state index contributed by atoms with van der Waals surface area (Å²) in [6.45, 7) is 15.1. The molecule has 3 heterocycles. The van der Waals surface area contributed by atoms with E-state index >= 15 is 0 Å². The molecule has 250 valence electrons. The number of aromatic nitrogens is 3. The Kier molecular flexibility index (Phi) is 10.2. The minimum Gasteiger partial charge on any atom is -0.481 e. The maximum atomic E-state index is 13.4. The van der Waals surface area contributed by atoms with Crippen molar-refractivity contribution < 1.29 is 27.8 Å². The monoisotopic (exact) mass is 661 g/mol. The predicted molar refractivity (Wildman–Crippen MR) is 181 cm³/mol. The number of hydrogen-bond donors (Lipinski definition) is 1. The minimum absolute atomic E-state index is 0.348. The number of amides is 2. The summed E-state index contributed by atoms with van der Waals surface area (Å²) in [5.41, 5.74) is 4.07. The molecule has 1 unspecified atom stereocenters. The van der Waals surface area contributed by atoms with Crippen molar-refractivity contribution in [2.45, 2.75) is 83.8 Å². The zero-order valence-electron chi connectivity index (χ0n) is 28.5. The van der Waals surface area contributed by atoms with Crippen LogP contribution in [0.5, 0.6) is 5.75 Å². The van der Waals surface area contributed by atoms with Crippen molar-refractivity contribution in [3.63, 3.8) is 0 Å². The third-order valence-corrected chi connectivity index (χ3v) is 9.16. The molecule has 2 aromatic heterocycles. The maximum Gasteiger partial charge on any atom is 0.596 e. The highest BCUT2D eigenvalue weighted by Crippen LogP contribution is 2.40. The second-order valence-electron chi connectivity index (χ2n) is 13.5. The number of aryl methyl sites for hydroxylation is 3. The highest BCUT2D eigenvalue weighted by atomic mass is 32.2. The molecule has 1 aromatic carbocycles. The summed E-state index contributed by atoms with van der Waals surface area (Å²) in [6.07, 6.45) is 6.67. The van der Waals surface area contributed by atoms with Crippen LogP contribution in [0.15, 0.2) is 41.6 Å². The molecule has 1 fully saturated rings. The quantitative estimate of drug-likeness (QED) is 0.296. The summed E-state index contributed by atoms with van der Waals surface area (Å²) in [5, 5.41) is 2.88. The largest absolute Gasteiger partial charge is 0.596 e. The van der Waals surface area contributed by atoms with Gasteiger partial charge < -0.3 is 14.8 Å². The number of rotatable bonds is 9. The van der Waals surface area contributed by atoms with Crippen molar-refractivity contribution >= 4 is 34.3 Å². The topological polar surface area (TPSA) is 127 Å². The van der Waals surface area contributed by atoms with Gasteiger partial charge in [-0.1, -0.05) is 6.07 Å². The van der Waals surface area contributed by atoms with Crippen LogP contribution in [-0.2, 0) is 15.5 Å². The van der Waals surface area contributed by atoms with Crippen LogP contribution in [0.25, 0.3) is 0 Å². The number of hydrogen-bond acceptors (Lipinski definition) is 9. The fourth-order valence-corrected chi connectivity index (χ4v) is 6.21. The van der Waals surface area contributed by atoms with Crippen molar-refractivity contribution in [1.29, 1.82) is 0 Å². The molecule has 5 rings (SSSR count). The zero-order valence-corrected chi connectivity index (χ0v) is 29.4. The second kappa shape index (κ2) is 14.0. The normalized spacial score (nSPS) is 16.9. The molecule has 11 nitrogen and oxygen atoms in total. The zero-order chi connectivity index (χ0) is 34.0. The van der Waals surface area contributed by atoms with E-state index in [2.05, 4.69) is 26.3 Å². The first kappa shape index (κ1) is 34.3. The molecule has 2 atom stereocenters. The molecule has 1 saturated carbocycles. The van der Waals surface area contributed by atoms with Crippen LogP contribution < -0.4 is 10.1 Å². The van der Waals surface area contributed by atoms with E-state index in [1.807, 2.05) is 53.8 Å². The first-order valence-corrected chi connectivity index (χ1v) is 17.5. The summed E-state index contributed by atoms with van der Waals surface area (Å²) in [7, 11) is -1.46. The summed E-state index contributed by atoms with van der Waals surface area (Å²) in [6, 6.07) is 7.53. The second-order valence-corrected chi connectivity index (χ2v) is 14.8. The molecule has 0 saturated heterocycles. The highest BCUT2D eigenvalue weighted by Gasteiger charge is 2.34. The smallest absolute Gasteiger partial charge is 0.481 e. The van der Waals surface area contributed by atoms with Crippen molar-refractivity contribution in [1.82, 2.24) is 19.9 Å². The van der Waals surface area contributed by atoms with Crippen molar-refractivity contribution in [2.24, 2.45) is 0 Å².